The first-order valence-electron chi connectivity index (χ1n) is 9.59. The van der Waals surface area contributed by atoms with Gasteiger partial charge in [-0.05, 0) is 48.6 Å². The maximum absolute atomic E-state index is 12.7. The number of amides is 2. The van der Waals surface area contributed by atoms with Crippen LogP contribution in [0.15, 0.2) is 48.5 Å². The molecular weight excluding hydrogens is 356 g/mol. The lowest BCUT2D eigenvalue weighted by Gasteiger charge is -2.25. The van der Waals surface area contributed by atoms with Crippen molar-refractivity contribution in [2.45, 2.75) is 37.8 Å². The number of carbonyl (C=O) groups excluding carboxylic acids is 3. The second kappa shape index (κ2) is 7.84. The lowest BCUT2D eigenvalue weighted by atomic mass is 9.93. The third-order valence-electron chi connectivity index (χ3n) is 5.25. The van der Waals surface area contributed by atoms with Crippen molar-refractivity contribution in [2.75, 3.05) is 6.54 Å². The summed E-state index contributed by atoms with van der Waals surface area (Å²) in [6.07, 6.45) is 2.58. The van der Waals surface area contributed by atoms with Gasteiger partial charge >= 0.3 is 5.97 Å². The zero-order chi connectivity index (χ0) is 19.5. The van der Waals surface area contributed by atoms with E-state index in [0.29, 0.717) is 30.5 Å². The van der Waals surface area contributed by atoms with Crippen LogP contribution in [0.4, 0.5) is 0 Å². The van der Waals surface area contributed by atoms with Crippen molar-refractivity contribution < 1.29 is 19.1 Å². The first kappa shape index (κ1) is 18.2. The van der Waals surface area contributed by atoms with E-state index in [1.807, 2.05) is 30.3 Å². The number of rotatable bonds is 3. The van der Waals surface area contributed by atoms with E-state index >= 15 is 0 Å². The van der Waals surface area contributed by atoms with Crippen LogP contribution in [-0.4, -0.2) is 30.4 Å². The van der Waals surface area contributed by atoms with Gasteiger partial charge in [0.2, 0.25) is 5.91 Å². The summed E-state index contributed by atoms with van der Waals surface area (Å²) in [6.45, 7) is 0.646. The molecule has 2 aliphatic heterocycles. The lowest BCUT2D eigenvalue weighted by Crippen LogP contribution is -2.45. The first-order valence-corrected chi connectivity index (χ1v) is 9.59. The highest BCUT2D eigenvalue weighted by Crippen LogP contribution is 2.31. The van der Waals surface area contributed by atoms with Crippen LogP contribution < -0.4 is 10.6 Å². The highest BCUT2D eigenvalue weighted by atomic mass is 16.5. The fourth-order valence-electron chi connectivity index (χ4n) is 3.71. The van der Waals surface area contributed by atoms with E-state index in [1.165, 1.54) is 0 Å². The van der Waals surface area contributed by atoms with E-state index in [2.05, 4.69) is 10.6 Å². The van der Waals surface area contributed by atoms with Crippen molar-refractivity contribution in [3.63, 3.8) is 0 Å². The molecule has 2 unspecified atom stereocenters. The Morgan fingerprint density at radius 2 is 1.89 bits per heavy atom. The van der Waals surface area contributed by atoms with Gasteiger partial charge in [-0.1, -0.05) is 30.3 Å². The molecule has 4 rings (SSSR count). The Kier molecular flexibility index (Phi) is 5.10. The fourth-order valence-corrected chi connectivity index (χ4v) is 3.71. The number of cyclic esters (lactones) is 1. The molecular formula is C22H22N2O4. The molecule has 0 saturated carbocycles. The minimum absolute atomic E-state index is 0.142. The monoisotopic (exact) mass is 378 g/mol. The molecule has 0 radical (unpaired) electrons. The zero-order valence-electron chi connectivity index (χ0n) is 15.4. The van der Waals surface area contributed by atoms with E-state index < -0.39 is 6.04 Å². The predicted molar refractivity (Wildman–Crippen MR) is 103 cm³/mol. The summed E-state index contributed by atoms with van der Waals surface area (Å²) >= 11 is 0. The molecule has 6 nitrogen and oxygen atoms in total. The van der Waals surface area contributed by atoms with Crippen LogP contribution in [0.3, 0.4) is 0 Å². The van der Waals surface area contributed by atoms with E-state index in [-0.39, 0.29) is 23.9 Å². The minimum Gasteiger partial charge on any atom is -0.454 e. The van der Waals surface area contributed by atoms with Gasteiger partial charge < -0.3 is 15.4 Å². The largest absolute Gasteiger partial charge is 0.454 e. The Hall–Kier alpha value is -3.15. The molecule has 1 fully saturated rings. The third-order valence-corrected chi connectivity index (χ3v) is 5.25. The number of hydrogen-bond acceptors (Lipinski definition) is 4. The van der Waals surface area contributed by atoms with Gasteiger partial charge in [0.25, 0.3) is 5.91 Å². The number of benzene rings is 2. The van der Waals surface area contributed by atoms with Gasteiger partial charge in [-0.2, -0.15) is 0 Å². The van der Waals surface area contributed by atoms with E-state index in [0.717, 1.165) is 24.0 Å². The van der Waals surface area contributed by atoms with Crippen LogP contribution in [0.25, 0.3) is 0 Å². The summed E-state index contributed by atoms with van der Waals surface area (Å²) in [6, 6.07) is 14.0. The quantitative estimate of drug-likeness (QED) is 0.804. The molecule has 2 aromatic rings. The molecule has 2 heterocycles. The Morgan fingerprint density at radius 3 is 2.71 bits per heavy atom. The normalized spacial score (nSPS) is 21.7. The van der Waals surface area contributed by atoms with Gasteiger partial charge in [-0.3, -0.25) is 9.59 Å². The van der Waals surface area contributed by atoms with E-state index in [4.69, 9.17) is 4.74 Å². The minimum atomic E-state index is -0.520. The van der Waals surface area contributed by atoms with Crippen molar-refractivity contribution >= 4 is 17.8 Å². The summed E-state index contributed by atoms with van der Waals surface area (Å²) in [5.74, 6) is -0.832. The van der Waals surface area contributed by atoms with Gasteiger partial charge in [-0.15, -0.1) is 0 Å². The Labute approximate surface area is 163 Å². The van der Waals surface area contributed by atoms with Crippen LogP contribution in [0.5, 0.6) is 0 Å². The smallest absolute Gasteiger partial charge is 0.339 e. The molecule has 2 atom stereocenters. The second-order valence-electron chi connectivity index (χ2n) is 7.19. The number of ether oxygens (including phenoxy) is 1. The molecule has 0 bridgehead atoms. The zero-order valence-corrected chi connectivity index (χ0v) is 15.4. The molecule has 2 amide bonds. The van der Waals surface area contributed by atoms with Crippen molar-refractivity contribution in [3.05, 3.63) is 70.8 Å². The molecule has 0 aromatic heterocycles. The third kappa shape index (κ3) is 3.76. The first-order chi connectivity index (χ1) is 13.6. The Morgan fingerprint density at radius 1 is 1.07 bits per heavy atom. The molecule has 2 aromatic carbocycles. The summed E-state index contributed by atoms with van der Waals surface area (Å²) in [7, 11) is 0. The van der Waals surface area contributed by atoms with Crippen LogP contribution in [0.1, 0.15) is 57.2 Å². The molecule has 2 aliphatic rings. The van der Waals surface area contributed by atoms with E-state index in [1.54, 1.807) is 18.2 Å². The average Bonchev–Trinajstić information content (AvgIpc) is 2.92. The predicted octanol–water partition coefficient (Wildman–Crippen LogP) is 2.54. The molecule has 0 spiro atoms. The SMILES string of the molecule is O=C(NC1CCCCNC1=O)c1ccc2c(c1)CC(c1ccccc1)OC2=O. The topological polar surface area (TPSA) is 84.5 Å². The number of hydrogen-bond donors (Lipinski definition) is 2. The number of carbonyl (C=O) groups is 3. The summed E-state index contributed by atoms with van der Waals surface area (Å²) in [4.78, 5) is 37.1. The molecule has 0 aliphatic carbocycles. The summed E-state index contributed by atoms with van der Waals surface area (Å²) in [5.41, 5.74) is 2.63. The van der Waals surface area contributed by atoms with Crippen LogP contribution in [0.2, 0.25) is 0 Å². The fraction of sp³-hybridized carbons (Fsp3) is 0.318. The maximum Gasteiger partial charge on any atom is 0.339 e. The van der Waals surface area contributed by atoms with Gasteiger partial charge in [0.05, 0.1) is 5.56 Å². The number of fused-ring (bicyclic) bond motifs is 1. The highest BCUT2D eigenvalue weighted by Gasteiger charge is 2.29. The second-order valence-corrected chi connectivity index (χ2v) is 7.19. The highest BCUT2D eigenvalue weighted by molar-refractivity contribution is 5.99. The summed E-state index contributed by atoms with van der Waals surface area (Å²) < 4.78 is 5.56. The van der Waals surface area contributed by atoms with Gasteiger partial charge in [0.1, 0.15) is 12.1 Å². The average molecular weight is 378 g/mol. The maximum atomic E-state index is 12.7. The van der Waals surface area contributed by atoms with Crippen LogP contribution >= 0.6 is 0 Å². The molecule has 144 valence electrons. The van der Waals surface area contributed by atoms with Gasteiger partial charge in [0.15, 0.2) is 0 Å². The molecule has 28 heavy (non-hydrogen) atoms. The van der Waals surface area contributed by atoms with Crippen LogP contribution in [0, 0.1) is 0 Å². The van der Waals surface area contributed by atoms with E-state index in [9.17, 15) is 14.4 Å². The van der Waals surface area contributed by atoms with Crippen LogP contribution in [-0.2, 0) is 16.0 Å². The molecule has 1 saturated heterocycles. The Balaban J connectivity index is 1.54. The number of esters is 1. The van der Waals surface area contributed by atoms with Crippen molar-refractivity contribution in [1.29, 1.82) is 0 Å². The standard InChI is InChI=1S/C22H22N2O4/c25-20(24-18-8-4-5-11-23-21(18)26)15-9-10-17-16(12-15)13-19(28-22(17)27)14-6-2-1-3-7-14/h1-3,6-7,9-10,12,18-19H,4-5,8,11,13H2,(H,23,26)(H,24,25). The lowest BCUT2D eigenvalue weighted by molar-refractivity contribution is -0.122. The van der Waals surface area contributed by atoms with Gasteiger partial charge in [-0.25, -0.2) is 4.79 Å². The van der Waals surface area contributed by atoms with Gasteiger partial charge in [0, 0.05) is 18.5 Å². The Bertz CT molecular complexity index is 910. The molecule has 6 heteroatoms. The van der Waals surface area contributed by atoms with Crippen molar-refractivity contribution in [1.82, 2.24) is 10.6 Å². The molecule has 2 N–H and O–H groups in total. The summed E-state index contributed by atoms with van der Waals surface area (Å²) in [5, 5.41) is 5.63. The number of nitrogens with one attached hydrogen (secondary N) is 2. The van der Waals surface area contributed by atoms with Crippen molar-refractivity contribution in [3.8, 4) is 0 Å². The van der Waals surface area contributed by atoms with Crippen molar-refractivity contribution in [2.24, 2.45) is 0 Å².